The number of nitrogens with one attached hydrogen (secondary N) is 1. The van der Waals surface area contributed by atoms with Crippen molar-refractivity contribution in [2.24, 2.45) is 5.41 Å². The van der Waals surface area contributed by atoms with E-state index in [1.54, 1.807) is 12.4 Å². The number of aliphatic hydroxyl groups is 1. The second-order valence-corrected chi connectivity index (χ2v) is 5.39. The third kappa shape index (κ3) is 2.99. The van der Waals surface area contributed by atoms with Gasteiger partial charge in [0.05, 0.1) is 12.3 Å². The lowest BCUT2D eigenvalue weighted by atomic mass is 9.88. The molecule has 0 spiro atoms. The van der Waals surface area contributed by atoms with E-state index in [4.69, 9.17) is 0 Å². The van der Waals surface area contributed by atoms with Gasteiger partial charge in [-0.05, 0) is 25.5 Å². The molecule has 0 saturated heterocycles. The van der Waals surface area contributed by atoms with E-state index in [1.165, 1.54) is 0 Å². The lowest BCUT2D eigenvalue weighted by Crippen LogP contribution is -2.30. The Balaban J connectivity index is 2.24. The van der Waals surface area contributed by atoms with Gasteiger partial charge in [0.15, 0.2) is 5.82 Å². The number of hydrogen-bond donors (Lipinski definition) is 2. The van der Waals surface area contributed by atoms with Gasteiger partial charge >= 0.3 is 0 Å². The molecule has 0 amide bonds. The topological polar surface area (TPSA) is 63.0 Å². The molecule has 1 atom stereocenters. The van der Waals surface area contributed by atoms with E-state index in [9.17, 15) is 5.11 Å². The largest absolute Gasteiger partial charge is 0.396 e. The van der Waals surface area contributed by atoms with Gasteiger partial charge in [0.1, 0.15) is 5.82 Å². The number of rotatable bonds is 6. The summed E-state index contributed by atoms with van der Waals surface area (Å²) in [5.41, 5.74) is 0.818. The Labute approximate surface area is 119 Å². The molecule has 0 fully saturated rings. The van der Waals surface area contributed by atoms with E-state index < -0.39 is 0 Å². The van der Waals surface area contributed by atoms with Gasteiger partial charge < -0.3 is 10.4 Å². The lowest BCUT2D eigenvalue weighted by Gasteiger charge is -2.27. The first-order chi connectivity index (χ1) is 9.59. The number of imidazole rings is 1. The zero-order chi connectivity index (χ0) is 14.6. The first-order valence-electron chi connectivity index (χ1n) is 6.90. The molecular weight excluding hydrogens is 252 g/mol. The highest BCUT2D eigenvalue weighted by Gasteiger charge is 2.21. The number of hydrogen-bond acceptors (Lipinski definition) is 4. The van der Waals surface area contributed by atoms with Crippen molar-refractivity contribution in [3.63, 3.8) is 0 Å². The molecule has 2 heterocycles. The molecule has 2 aromatic rings. The van der Waals surface area contributed by atoms with Crippen LogP contribution in [0.3, 0.4) is 0 Å². The SMILES string of the molecule is CCC(C)(CO)CNc1cccnc1-n1ccnc1C. The fourth-order valence-electron chi connectivity index (χ4n) is 1.93. The van der Waals surface area contributed by atoms with Gasteiger partial charge in [-0.1, -0.05) is 13.8 Å². The minimum absolute atomic E-state index is 0.128. The van der Waals surface area contributed by atoms with Crippen LogP contribution >= 0.6 is 0 Å². The van der Waals surface area contributed by atoms with Crippen molar-refractivity contribution in [2.75, 3.05) is 18.5 Å². The average Bonchev–Trinajstić information content (AvgIpc) is 2.91. The molecule has 2 N–H and O–H groups in total. The number of nitrogens with zero attached hydrogens (tertiary/aromatic N) is 3. The maximum absolute atomic E-state index is 9.49. The van der Waals surface area contributed by atoms with E-state index in [1.807, 2.05) is 29.8 Å². The lowest BCUT2D eigenvalue weighted by molar-refractivity contribution is 0.149. The van der Waals surface area contributed by atoms with Gasteiger partial charge in [0.2, 0.25) is 0 Å². The van der Waals surface area contributed by atoms with Gasteiger partial charge in [-0.25, -0.2) is 9.97 Å². The van der Waals surface area contributed by atoms with Crippen molar-refractivity contribution >= 4 is 5.69 Å². The fraction of sp³-hybridized carbons (Fsp3) is 0.467. The molecule has 2 aromatic heterocycles. The summed E-state index contributed by atoms with van der Waals surface area (Å²) >= 11 is 0. The minimum Gasteiger partial charge on any atom is -0.396 e. The Morgan fingerprint density at radius 2 is 2.15 bits per heavy atom. The molecule has 0 aliphatic carbocycles. The van der Waals surface area contributed by atoms with Crippen LogP contribution in [0, 0.1) is 12.3 Å². The van der Waals surface area contributed by atoms with Crippen LogP contribution < -0.4 is 5.32 Å². The van der Waals surface area contributed by atoms with Crippen LogP contribution in [0.4, 0.5) is 5.69 Å². The van der Waals surface area contributed by atoms with E-state index >= 15 is 0 Å². The number of aromatic nitrogens is 3. The Hall–Kier alpha value is -1.88. The number of aliphatic hydroxyl groups excluding tert-OH is 1. The van der Waals surface area contributed by atoms with Crippen LogP contribution in [0.5, 0.6) is 0 Å². The predicted octanol–water partition coefficient (Wildman–Crippen LogP) is 2.40. The maximum Gasteiger partial charge on any atom is 0.161 e. The van der Waals surface area contributed by atoms with E-state index in [0.29, 0.717) is 6.54 Å². The summed E-state index contributed by atoms with van der Waals surface area (Å²) in [6, 6.07) is 3.90. The molecular formula is C15H22N4O. The molecule has 0 aliphatic heterocycles. The highest BCUT2D eigenvalue weighted by atomic mass is 16.3. The van der Waals surface area contributed by atoms with Crippen molar-refractivity contribution in [1.82, 2.24) is 14.5 Å². The van der Waals surface area contributed by atoms with Crippen molar-refractivity contribution < 1.29 is 5.11 Å². The smallest absolute Gasteiger partial charge is 0.161 e. The minimum atomic E-state index is -0.128. The van der Waals surface area contributed by atoms with Gasteiger partial charge in [-0.3, -0.25) is 4.57 Å². The number of anilines is 1. The Morgan fingerprint density at radius 1 is 1.35 bits per heavy atom. The van der Waals surface area contributed by atoms with Crippen molar-refractivity contribution in [1.29, 1.82) is 0 Å². The molecule has 5 nitrogen and oxygen atoms in total. The van der Waals surface area contributed by atoms with Gasteiger partial charge in [-0.2, -0.15) is 0 Å². The van der Waals surface area contributed by atoms with Crippen LogP contribution in [0.25, 0.3) is 5.82 Å². The Kier molecular flexibility index (Phi) is 4.39. The molecule has 2 rings (SSSR count). The molecule has 5 heteroatoms. The standard InChI is InChI=1S/C15H22N4O/c1-4-15(3,11-20)10-18-13-6-5-7-17-14(13)19-9-8-16-12(19)2/h5-9,18,20H,4,10-11H2,1-3H3. The van der Waals surface area contributed by atoms with E-state index in [2.05, 4.69) is 29.1 Å². The van der Waals surface area contributed by atoms with Crippen LogP contribution in [-0.2, 0) is 0 Å². The van der Waals surface area contributed by atoms with Crippen LogP contribution in [0.2, 0.25) is 0 Å². The molecule has 0 aliphatic rings. The Morgan fingerprint density at radius 3 is 2.75 bits per heavy atom. The zero-order valence-electron chi connectivity index (χ0n) is 12.3. The number of aryl methyl sites for hydroxylation is 1. The van der Waals surface area contributed by atoms with Crippen LogP contribution in [0.1, 0.15) is 26.1 Å². The summed E-state index contributed by atoms with van der Waals surface area (Å²) < 4.78 is 1.95. The molecule has 0 bridgehead atoms. The van der Waals surface area contributed by atoms with E-state index in [0.717, 1.165) is 23.8 Å². The summed E-state index contributed by atoms with van der Waals surface area (Å²) in [7, 11) is 0. The average molecular weight is 274 g/mol. The monoisotopic (exact) mass is 274 g/mol. The molecule has 0 radical (unpaired) electrons. The van der Waals surface area contributed by atoms with Crippen molar-refractivity contribution in [3.8, 4) is 5.82 Å². The summed E-state index contributed by atoms with van der Waals surface area (Å²) in [4.78, 5) is 8.66. The second-order valence-electron chi connectivity index (χ2n) is 5.39. The zero-order valence-corrected chi connectivity index (χ0v) is 12.3. The van der Waals surface area contributed by atoms with Crippen LogP contribution in [0.15, 0.2) is 30.7 Å². The first-order valence-corrected chi connectivity index (χ1v) is 6.90. The van der Waals surface area contributed by atoms with Gasteiger partial charge in [0, 0.05) is 30.6 Å². The van der Waals surface area contributed by atoms with Crippen LogP contribution in [-0.4, -0.2) is 32.8 Å². The fourth-order valence-corrected chi connectivity index (χ4v) is 1.93. The van der Waals surface area contributed by atoms with Gasteiger partial charge in [0.25, 0.3) is 0 Å². The summed E-state index contributed by atoms with van der Waals surface area (Å²) in [6.07, 6.45) is 6.34. The van der Waals surface area contributed by atoms with Crippen molar-refractivity contribution in [2.45, 2.75) is 27.2 Å². The normalized spacial score (nSPS) is 14.0. The van der Waals surface area contributed by atoms with Crippen molar-refractivity contribution in [3.05, 3.63) is 36.5 Å². The molecule has 1 unspecified atom stereocenters. The molecule has 0 aromatic carbocycles. The highest BCUT2D eigenvalue weighted by Crippen LogP contribution is 2.24. The quantitative estimate of drug-likeness (QED) is 0.849. The third-order valence-corrected chi connectivity index (χ3v) is 3.78. The first kappa shape index (κ1) is 14.5. The van der Waals surface area contributed by atoms with Gasteiger partial charge in [-0.15, -0.1) is 0 Å². The maximum atomic E-state index is 9.49. The highest BCUT2D eigenvalue weighted by molar-refractivity contribution is 5.57. The van der Waals surface area contributed by atoms with E-state index in [-0.39, 0.29) is 12.0 Å². The summed E-state index contributed by atoms with van der Waals surface area (Å²) in [5.74, 6) is 1.73. The second kappa shape index (κ2) is 6.05. The predicted molar refractivity (Wildman–Crippen MR) is 80.1 cm³/mol. The Bertz CT molecular complexity index is 561. The molecule has 20 heavy (non-hydrogen) atoms. The molecule has 0 saturated carbocycles. The third-order valence-electron chi connectivity index (χ3n) is 3.78. The molecule has 108 valence electrons. The summed E-state index contributed by atoms with van der Waals surface area (Å²) in [6.45, 7) is 6.96. The number of pyridine rings is 1. The summed E-state index contributed by atoms with van der Waals surface area (Å²) in [5, 5.41) is 12.9.